The normalized spacial score (nSPS) is 12.0. The lowest BCUT2D eigenvalue weighted by atomic mass is 10.1. The van der Waals surface area contributed by atoms with Crippen LogP contribution in [0.1, 0.15) is 21.5 Å². The molecule has 0 aliphatic heterocycles. The number of alkyl halides is 3. The smallest absolute Gasteiger partial charge is 0.417 e. The van der Waals surface area contributed by atoms with Gasteiger partial charge >= 0.3 is 12.1 Å². The third-order valence-electron chi connectivity index (χ3n) is 4.45. The van der Waals surface area contributed by atoms with Crippen LogP contribution in [0, 0.1) is 0 Å². The number of rotatable bonds is 6. The summed E-state index contributed by atoms with van der Waals surface area (Å²) >= 11 is 5.83. The third-order valence-corrected chi connectivity index (χ3v) is 6.44. The average Bonchev–Trinajstić information content (AvgIpc) is 3.22. The summed E-state index contributed by atoms with van der Waals surface area (Å²) in [6.45, 7) is 0. The highest BCUT2D eigenvalue weighted by Crippen LogP contribution is 2.38. The minimum absolute atomic E-state index is 0.127. The molecular formula is C20H15ClF3NO5S. The van der Waals surface area contributed by atoms with Gasteiger partial charge in [0.15, 0.2) is 9.84 Å². The number of hydrogen-bond acceptors (Lipinski definition) is 4. The van der Waals surface area contributed by atoms with Crippen molar-refractivity contribution in [1.29, 1.82) is 0 Å². The van der Waals surface area contributed by atoms with E-state index in [-0.39, 0.29) is 22.6 Å². The number of carbonyl (C=O) groups is 1. The molecule has 0 saturated heterocycles. The van der Waals surface area contributed by atoms with Crippen LogP contribution in [0.2, 0.25) is 5.02 Å². The lowest BCUT2D eigenvalue weighted by Gasteiger charge is -2.17. The van der Waals surface area contributed by atoms with Gasteiger partial charge in [-0.1, -0.05) is 11.6 Å². The predicted octanol–water partition coefficient (Wildman–Crippen LogP) is 4.83. The highest BCUT2D eigenvalue weighted by Gasteiger charge is 2.35. The number of ether oxygens (including phenoxy) is 1. The topological polar surface area (TPSA) is 85.6 Å². The summed E-state index contributed by atoms with van der Waals surface area (Å²) in [7, 11) is -3.11. The minimum atomic E-state index is -4.80. The van der Waals surface area contributed by atoms with Crippen molar-refractivity contribution >= 4 is 27.4 Å². The second kappa shape index (κ2) is 8.27. The summed E-state index contributed by atoms with van der Waals surface area (Å²) in [4.78, 5) is 10.8. The Hall–Kier alpha value is -2.98. The van der Waals surface area contributed by atoms with Gasteiger partial charge < -0.3 is 14.4 Å². The number of halogens is 4. The van der Waals surface area contributed by atoms with Crippen molar-refractivity contribution in [2.45, 2.75) is 16.8 Å². The van der Waals surface area contributed by atoms with E-state index in [1.165, 1.54) is 30.1 Å². The highest BCUT2D eigenvalue weighted by molar-refractivity contribution is 7.90. The Morgan fingerprint density at radius 1 is 1.16 bits per heavy atom. The van der Waals surface area contributed by atoms with E-state index in [1.807, 2.05) is 0 Å². The Morgan fingerprint density at radius 3 is 2.35 bits per heavy atom. The highest BCUT2D eigenvalue weighted by atomic mass is 35.5. The number of carboxylic acid groups (broad SMARTS) is 1. The Balaban J connectivity index is 2.19. The maximum absolute atomic E-state index is 13.4. The van der Waals surface area contributed by atoms with E-state index in [0.717, 1.165) is 18.2 Å². The van der Waals surface area contributed by atoms with Crippen molar-refractivity contribution < 1.29 is 36.2 Å². The van der Waals surface area contributed by atoms with E-state index >= 15 is 0 Å². The number of aromatic carboxylic acids is 1. The van der Waals surface area contributed by atoms with E-state index in [9.17, 15) is 31.5 Å². The van der Waals surface area contributed by atoms with E-state index in [0.29, 0.717) is 6.07 Å². The largest absolute Gasteiger partial charge is 0.495 e. The summed E-state index contributed by atoms with van der Waals surface area (Å²) < 4.78 is 72.9. The van der Waals surface area contributed by atoms with Crippen molar-refractivity contribution in [3.63, 3.8) is 0 Å². The predicted molar refractivity (Wildman–Crippen MR) is 107 cm³/mol. The van der Waals surface area contributed by atoms with Crippen molar-refractivity contribution in [2.24, 2.45) is 0 Å². The van der Waals surface area contributed by atoms with Crippen LogP contribution in [0.3, 0.4) is 0 Å². The number of carboxylic acids is 1. The van der Waals surface area contributed by atoms with Gasteiger partial charge in [0.2, 0.25) is 0 Å². The van der Waals surface area contributed by atoms with Crippen LogP contribution in [0.4, 0.5) is 13.2 Å². The number of benzene rings is 2. The first-order chi connectivity index (χ1) is 14.4. The van der Waals surface area contributed by atoms with Gasteiger partial charge in [0.05, 0.1) is 34.7 Å². The molecule has 6 nitrogen and oxygen atoms in total. The molecule has 0 bridgehead atoms. The first-order valence-electron chi connectivity index (χ1n) is 8.61. The third kappa shape index (κ3) is 4.70. The fourth-order valence-electron chi connectivity index (χ4n) is 3.01. The zero-order valence-corrected chi connectivity index (χ0v) is 17.4. The average molecular weight is 474 g/mol. The second-order valence-electron chi connectivity index (χ2n) is 6.48. The van der Waals surface area contributed by atoms with Gasteiger partial charge in [0.25, 0.3) is 0 Å². The molecule has 11 heteroatoms. The van der Waals surface area contributed by atoms with E-state index in [2.05, 4.69) is 0 Å². The molecule has 0 unspecified atom stereocenters. The standard InChI is InChI=1S/C20H15ClF3NO5S/c1-30-17-5-4-12(19(26)27)9-18(17)31(28,29)11-13-8-14(20(22,23)24)15(21)10-16(13)25-6-2-3-7-25/h2-10H,11H2,1H3,(H,26,27). The van der Waals surface area contributed by atoms with Crippen LogP contribution in [-0.4, -0.2) is 31.2 Å². The summed E-state index contributed by atoms with van der Waals surface area (Å²) in [5.41, 5.74) is -1.52. The lowest BCUT2D eigenvalue weighted by Crippen LogP contribution is -2.13. The molecule has 2 aromatic carbocycles. The Bertz CT molecular complexity index is 1240. The number of methoxy groups -OCH3 is 1. The molecule has 1 heterocycles. The van der Waals surface area contributed by atoms with Crippen LogP contribution in [0.25, 0.3) is 5.69 Å². The summed E-state index contributed by atoms with van der Waals surface area (Å²) in [6, 6.07) is 8.20. The van der Waals surface area contributed by atoms with Crippen LogP contribution in [0.15, 0.2) is 59.8 Å². The molecule has 0 aliphatic carbocycles. The van der Waals surface area contributed by atoms with Crippen molar-refractivity contribution in [1.82, 2.24) is 4.57 Å². The van der Waals surface area contributed by atoms with Crippen molar-refractivity contribution in [3.05, 3.63) is 76.6 Å². The molecule has 164 valence electrons. The van der Waals surface area contributed by atoms with E-state index in [1.54, 1.807) is 12.1 Å². The SMILES string of the molecule is COc1ccc(C(=O)O)cc1S(=O)(=O)Cc1cc(C(F)(F)F)c(Cl)cc1-n1cccc1. The summed E-state index contributed by atoms with van der Waals surface area (Å²) in [6.07, 6.45) is -1.74. The van der Waals surface area contributed by atoms with Gasteiger partial charge in [-0.05, 0) is 48.0 Å². The Labute approximate surface area is 180 Å². The van der Waals surface area contributed by atoms with E-state index < -0.39 is 43.2 Å². The van der Waals surface area contributed by atoms with Crippen LogP contribution < -0.4 is 4.74 Å². The fourth-order valence-corrected chi connectivity index (χ4v) is 4.84. The number of hydrogen-bond donors (Lipinski definition) is 1. The van der Waals surface area contributed by atoms with Crippen molar-refractivity contribution in [2.75, 3.05) is 7.11 Å². The number of sulfone groups is 1. The second-order valence-corrected chi connectivity index (χ2v) is 8.84. The molecule has 1 aromatic heterocycles. The van der Waals surface area contributed by atoms with Gasteiger partial charge in [-0.15, -0.1) is 0 Å². The molecule has 3 aromatic rings. The van der Waals surface area contributed by atoms with E-state index in [4.69, 9.17) is 16.3 Å². The monoisotopic (exact) mass is 473 g/mol. The number of aromatic nitrogens is 1. The lowest BCUT2D eigenvalue weighted by molar-refractivity contribution is -0.137. The first-order valence-corrected chi connectivity index (χ1v) is 10.6. The van der Waals surface area contributed by atoms with Crippen LogP contribution in [-0.2, 0) is 21.8 Å². The molecule has 0 atom stereocenters. The quantitative estimate of drug-likeness (QED) is 0.554. The molecule has 3 rings (SSSR count). The molecule has 0 saturated carbocycles. The van der Waals surface area contributed by atoms with Crippen LogP contribution in [0.5, 0.6) is 5.75 Å². The summed E-state index contributed by atoms with van der Waals surface area (Å²) in [5.74, 6) is -2.34. The maximum atomic E-state index is 13.4. The molecule has 1 N–H and O–H groups in total. The van der Waals surface area contributed by atoms with Gasteiger partial charge in [-0.3, -0.25) is 0 Å². The van der Waals surface area contributed by atoms with Gasteiger partial charge in [0.1, 0.15) is 10.6 Å². The molecule has 0 fully saturated rings. The first kappa shape index (κ1) is 22.7. The molecule has 0 aliphatic rings. The maximum Gasteiger partial charge on any atom is 0.417 e. The number of nitrogens with zero attached hydrogens (tertiary/aromatic N) is 1. The Kier molecular flexibility index (Phi) is 6.06. The molecule has 31 heavy (non-hydrogen) atoms. The zero-order chi connectivity index (χ0) is 23.0. The van der Waals surface area contributed by atoms with Gasteiger partial charge in [-0.2, -0.15) is 13.2 Å². The molecule has 0 amide bonds. The summed E-state index contributed by atoms with van der Waals surface area (Å²) in [5, 5.41) is 8.59. The molecular weight excluding hydrogens is 459 g/mol. The fraction of sp³-hybridized carbons (Fsp3) is 0.150. The molecule has 0 spiro atoms. The zero-order valence-electron chi connectivity index (χ0n) is 15.9. The van der Waals surface area contributed by atoms with Gasteiger partial charge in [-0.25, -0.2) is 13.2 Å². The van der Waals surface area contributed by atoms with Crippen LogP contribution >= 0.6 is 11.6 Å². The Morgan fingerprint density at radius 2 is 1.81 bits per heavy atom. The van der Waals surface area contributed by atoms with Gasteiger partial charge in [0, 0.05) is 12.4 Å². The van der Waals surface area contributed by atoms with Crippen molar-refractivity contribution in [3.8, 4) is 11.4 Å². The molecule has 0 radical (unpaired) electrons. The minimum Gasteiger partial charge on any atom is -0.495 e.